The number of carbonyl (C=O) groups is 1. The topological polar surface area (TPSA) is 176 Å². The number of nitrogens with one attached hydrogen (secondary N) is 2. The molecule has 0 aliphatic carbocycles. The monoisotopic (exact) mass is 594 g/mol. The average Bonchev–Trinajstić information content (AvgIpc) is 3.34. The first-order chi connectivity index (χ1) is 21.2. The third-order valence-electron chi connectivity index (χ3n) is 7.77. The predicted molar refractivity (Wildman–Crippen MR) is 163 cm³/mol. The molecule has 1 aliphatic heterocycles. The molecule has 224 valence electrons. The van der Waals surface area contributed by atoms with Gasteiger partial charge in [-0.1, -0.05) is 24.3 Å². The first-order valence-corrected chi connectivity index (χ1v) is 14.0. The summed E-state index contributed by atoms with van der Waals surface area (Å²) in [5.74, 6) is -1.29. The number of aliphatic hydroxyl groups excluding tert-OH is 1. The van der Waals surface area contributed by atoms with E-state index in [4.69, 9.17) is 4.74 Å². The number of fused-ring (bicyclic) bond motifs is 2. The maximum atomic E-state index is 12.6. The predicted octanol–water partition coefficient (Wildman–Crippen LogP) is 4.69. The highest BCUT2D eigenvalue weighted by Gasteiger charge is 2.43. The van der Waals surface area contributed by atoms with E-state index in [9.17, 15) is 35.4 Å². The first-order valence-electron chi connectivity index (χ1n) is 14.0. The molecule has 44 heavy (non-hydrogen) atoms. The molecule has 8 N–H and O–H groups in total. The van der Waals surface area contributed by atoms with Crippen molar-refractivity contribution in [2.45, 2.75) is 24.5 Å². The van der Waals surface area contributed by atoms with Crippen LogP contribution < -0.4 is 10.1 Å². The highest BCUT2D eigenvalue weighted by molar-refractivity contribution is 5.92. The summed E-state index contributed by atoms with van der Waals surface area (Å²) < 4.78 is 6.12. The molecular formula is C34H30N2O8. The smallest absolute Gasteiger partial charge is 0.244 e. The molecule has 0 fully saturated rings. The molecular weight excluding hydrogens is 564 g/mol. The van der Waals surface area contributed by atoms with Crippen LogP contribution in [0.1, 0.15) is 40.0 Å². The quantitative estimate of drug-likeness (QED) is 0.125. The highest BCUT2D eigenvalue weighted by Crippen LogP contribution is 2.51. The van der Waals surface area contributed by atoms with Gasteiger partial charge in [-0.15, -0.1) is 0 Å². The third kappa shape index (κ3) is 5.58. The van der Waals surface area contributed by atoms with Crippen molar-refractivity contribution in [3.63, 3.8) is 0 Å². The Hall–Kier alpha value is -5.61. The van der Waals surface area contributed by atoms with E-state index in [0.717, 1.165) is 16.5 Å². The van der Waals surface area contributed by atoms with Gasteiger partial charge in [-0.05, 0) is 65.6 Å². The van der Waals surface area contributed by atoms with E-state index in [1.165, 1.54) is 42.5 Å². The molecule has 3 unspecified atom stereocenters. The van der Waals surface area contributed by atoms with E-state index >= 15 is 0 Å². The summed E-state index contributed by atoms with van der Waals surface area (Å²) in [4.78, 5) is 15.9. The van der Waals surface area contributed by atoms with Gasteiger partial charge in [0.15, 0.2) is 6.10 Å². The number of rotatable bonds is 7. The molecule has 10 heteroatoms. The van der Waals surface area contributed by atoms with E-state index in [0.29, 0.717) is 23.2 Å². The number of aromatic amines is 1. The molecule has 10 nitrogen and oxygen atoms in total. The molecule has 1 aliphatic rings. The SMILES string of the molecule is O=C(C=Cc1ccc(O)cc1)NCCc1c(C2c3c(O)cc(O)cc3OC(c3ccc(O)cc3)C2O)[nH]c2cc(O)ccc12. The Morgan fingerprint density at radius 1 is 0.841 bits per heavy atom. The summed E-state index contributed by atoms with van der Waals surface area (Å²) >= 11 is 0. The number of hydrogen-bond donors (Lipinski definition) is 8. The zero-order valence-corrected chi connectivity index (χ0v) is 23.3. The van der Waals surface area contributed by atoms with Crippen molar-refractivity contribution in [1.82, 2.24) is 10.3 Å². The van der Waals surface area contributed by atoms with E-state index < -0.39 is 18.1 Å². The lowest BCUT2D eigenvalue weighted by Crippen LogP contribution is -2.36. The molecule has 0 bridgehead atoms. The number of aromatic nitrogens is 1. The normalized spacial score (nSPS) is 17.8. The second-order valence-corrected chi connectivity index (χ2v) is 10.7. The van der Waals surface area contributed by atoms with Crippen LogP contribution >= 0.6 is 0 Å². The lowest BCUT2D eigenvalue weighted by molar-refractivity contribution is -0.116. The largest absolute Gasteiger partial charge is 0.508 e. The molecule has 6 rings (SSSR count). The standard InChI is InChI=1S/C34H30N2O8/c37-20-6-1-18(2-7-20)3-12-29(42)35-14-13-25-24-11-10-22(39)15-26(24)36-32(25)31-30-27(41)16-23(40)17-28(30)44-34(33(31)43)19-4-8-21(38)9-5-19/h1-12,15-17,31,33-34,36-41,43H,13-14H2,(H,35,42). The number of amides is 1. The van der Waals surface area contributed by atoms with Crippen LogP contribution in [0.25, 0.3) is 17.0 Å². The van der Waals surface area contributed by atoms with Gasteiger partial charge >= 0.3 is 0 Å². The Morgan fingerprint density at radius 2 is 1.52 bits per heavy atom. The van der Waals surface area contributed by atoms with Crippen molar-refractivity contribution in [1.29, 1.82) is 0 Å². The van der Waals surface area contributed by atoms with Gasteiger partial charge in [0.05, 0.1) is 5.92 Å². The fourth-order valence-corrected chi connectivity index (χ4v) is 5.73. The number of benzene rings is 4. The molecule has 5 aromatic rings. The summed E-state index contributed by atoms with van der Waals surface area (Å²) in [6.07, 6.45) is 1.20. The van der Waals surface area contributed by atoms with Gasteiger partial charge in [-0.3, -0.25) is 4.79 Å². The Labute approximate surface area is 251 Å². The van der Waals surface area contributed by atoms with Crippen LogP contribution in [0.4, 0.5) is 0 Å². The number of hydrogen-bond acceptors (Lipinski definition) is 8. The number of aliphatic hydroxyl groups is 1. The van der Waals surface area contributed by atoms with Crippen molar-refractivity contribution in [2.75, 3.05) is 6.54 Å². The van der Waals surface area contributed by atoms with Gasteiger partial charge in [-0.2, -0.15) is 0 Å². The first kappa shape index (κ1) is 28.5. The van der Waals surface area contributed by atoms with Crippen molar-refractivity contribution < 1.29 is 40.2 Å². The fraction of sp³-hybridized carbons (Fsp3) is 0.147. The van der Waals surface area contributed by atoms with Crippen LogP contribution in [-0.4, -0.2) is 54.2 Å². The molecule has 1 aromatic heterocycles. The molecule has 0 saturated heterocycles. The molecule has 0 saturated carbocycles. The highest BCUT2D eigenvalue weighted by atomic mass is 16.5. The minimum Gasteiger partial charge on any atom is -0.508 e. The molecule has 0 radical (unpaired) electrons. The van der Waals surface area contributed by atoms with Gasteiger partial charge in [-0.25, -0.2) is 0 Å². The molecule has 0 spiro atoms. The van der Waals surface area contributed by atoms with Crippen LogP contribution in [0.15, 0.2) is 84.9 Å². The van der Waals surface area contributed by atoms with Crippen molar-refractivity contribution in [2.24, 2.45) is 0 Å². The molecule has 2 heterocycles. The minimum absolute atomic E-state index is 0.0344. The summed E-state index contributed by atoms with van der Waals surface area (Å²) in [7, 11) is 0. The van der Waals surface area contributed by atoms with Crippen LogP contribution in [0, 0.1) is 0 Å². The van der Waals surface area contributed by atoms with E-state index in [1.807, 2.05) is 0 Å². The number of aromatic hydroxyl groups is 5. The van der Waals surface area contributed by atoms with E-state index in [1.54, 1.807) is 48.5 Å². The van der Waals surface area contributed by atoms with Crippen LogP contribution in [0.2, 0.25) is 0 Å². The Morgan fingerprint density at radius 3 is 2.25 bits per heavy atom. The van der Waals surface area contributed by atoms with Crippen molar-refractivity contribution in [3.05, 3.63) is 113 Å². The Balaban J connectivity index is 1.36. The summed E-state index contributed by atoms with van der Waals surface area (Å²) in [5.41, 5.74) is 3.46. The summed E-state index contributed by atoms with van der Waals surface area (Å²) in [6.45, 7) is 0.231. The molecule has 3 atom stereocenters. The third-order valence-corrected chi connectivity index (χ3v) is 7.77. The van der Waals surface area contributed by atoms with Gasteiger partial charge in [0, 0.05) is 53.0 Å². The minimum atomic E-state index is -1.23. The van der Waals surface area contributed by atoms with Crippen LogP contribution in [0.3, 0.4) is 0 Å². The number of ether oxygens (including phenoxy) is 1. The average molecular weight is 595 g/mol. The molecule has 1 amide bonds. The summed E-state index contributed by atoms with van der Waals surface area (Å²) in [6, 6.07) is 20.0. The van der Waals surface area contributed by atoms with E-state index in [-0.39, 0.29) is 52.5 Å². The zero-order chi connectivity index (χ0) is 31.0. The second kappa shape index (κ2) is 11.6. The zero-order valence-electron chi connectivity index (χ0n) is 23.3. The fourth-order valence-electron chi connectivity index (χ4n) is 5.73. The number of carbonyl (C=O) groups excluding carboxylic acids is 1. The lowest BCUT2D eigenvalue weighted by atomic mass is 9.80. The maximum Gasteiger partial charge on any atom is 0.244 e. The maximum absolute atomic E-state index is 12.6. The van der Waals surface area contributed by atoms with Gasteiger partial charge < -0.3 is 45.7 Å². The van der Waals surface area contributed by atoms with Crippen LogP contribution in [-0.2, 0) is 11.2 Å². The number of phenolic OH excluding ortho intramolecular Hbond substituents is 5. The van der Waals surface area contributed by atoms with Crippen LogP contribution in [0.5, 0.6) is 34.5 Å². The van der Waals surface area contributed by atoms with E-state index in [2.05, 4.69) is 10.3 Å². The van der Waals surface area contributed by atoms with Crippen molar-refractivity contribution in [3.8, 4) is 34.5 Å². The Bertz CT molecular complexity index is 1860. The second-order valence-electron chi connectivity index (χ2n) is 10.7. The molecule has 4 aromatic carbocycles. The van der Waals surface area contributed by atoms with Crippen molar-refractivity contribution >= 4 is 22.9 Å². The number of phenols is 5. The Kier molecular flexibility index (Phi) is 7.50. The summed E-state index contributed by atoms with van der Waals surface area (Å²) in [5, 5.41) is 66.2. The lowest BCUT2D eigenvalue weighted by Gasteiger charge is -2.37. The van der Waals surface area contributed by atoms with Gasteiger partial charge in [0.1, 0.15) is 40.6 Å². The number of H-pyrrole nitrogens is 1. The van der Waals surface area contributed by atoms with Gasteiger partial charge in [0.25, 0.3) is 0 Å². The van der Waals surface area contributed by atoms with Gasteiger partial charge in [0.2, 0.25) is 5.91 Å².